The molecule has 2 rings (SSSR count). The van der Waals surface area contributed by atoms with E-state index in [0.717, 1.165) is 30.1 Å². The van der Waals surface area contributed by atoms with Crippen molar-refractivity contribution in [2.75, 3.05) is 19.0 Å². The van der Waals surface area contributed by atoms with Gasteiger partial charge in [-0.1, -0.05) is 30.7 Å². The number of fused-ring (bicyclic) bond motifs is 1. The van der Waals surface area contributed by atoms with Crippen molar-refractivity contribution in [1.29, 1.82) is 0 Å². The highest BCUT2D eigenvalue weighted by Gasteiger charge is 2.10. The topological polar surface area (TPSA) is 34.1 Å². The van der Waals surface area contributed by atoms with E-state index in [2.05, 4.69) is 42.3 Å². The van der Waals surface area contributed by atoms with Gasteiger partial charge in [0.2, 0.25) is 0 Å². The maximum atomic E-state index is 5.24. The molecule has 0 spiro atoms. The van der Waals surface area contributed by atoms with E-state index in [1.54, 1.807) is 18.4 Å². The van der Waals surface area contributed by atoms with Crippen LogP contribution in [0.15, 0.2) is 18.2 Å². The van der Waals surface area contributed by atoms with E-state index in [1.807, 2.05) is 0 Å². The van der Waals surface area contributed by atoms with Crippen molar-refractivity contribution in [1.82, 2.24) is 4.98 Å². The van der Waals surface area contributed by atoms with E-state index in [-0.39, 0.29) is 0 Å². The maximum Gasteiger partial charge on any atom is 0.184 e. The van der Waals surface area contributed by atoms with Gasteiger partial charge in [-0.3, -0.25) is 0 Å². The van der Waals surface area contributed by atoms with Gasteiger partial charge in [-0.25, -0.2) is 4.98 Å². The minimum absolute atomic E-state index is 0.349. The molecule has 4 heteroatoms. The number of ether oxygens (including phenoxy) is 1. The number of thiazole rings is 1. The third-order valence-electron chi connectivity index (χ3n) is 2.88. The Morgan fingerprint density at radius 1 is 1.44 bits per heavy atom. The summed E-state index contributed by atoms with van der Waals surface area (Å²) < 4.78 is 6.47. The van der Waals surface area contributed by atoms with Crippen LogP contribution in [0.5, 0.6) is 0 Å². The summed E-state index contributed by atoms with van der Waals surface area (Å²) in [6.07, 6.45) is 2.24. The minimum atomic E-state index is 0.349. The predicted molar refractivity (Wildman–Crippen MR) is 78.6 cm³/mol. The van der Waals surface area contributed by atoms with E-state index in [1.165, 1.54) is 10.3 Å². The van der Waals surface area contributed by atoms with Crippen LogP contribution in [-0.2, 0) is 4.74 Å². The number of nitrogens with zero attached hydrogens (tertiary/aromatic N) is 1. The number of aryl methyl sites for hydroxylation is 1. The molecule has 1 N–H and O–H groups in total. The number of methoxy groups -OCH3 is 1. The van der Waals surface area contributed by atoms with Crippen LogP contribution in [-0.4, -0.2) is 24.7 Å². The van der Waals surface area contributed by atoms with Gasteiger partial charge >= 0.3 is 0 Å². The molecular weight excluding hydrogens is 244 g/mol. The van der Waals surface area contributed by atoms with E-state index in [0.29, 0.717) is 6.04 Å². The third kappa shape index (κ3) is 3.21. The van der Waals surface area contributed by atoms with Crippen molar-refractivity contribution in [3.05, 3.63) is 23.8 Å². The Morgan fingerprint density at radius 2 is 2.28 bits per heavy atom. The van der Waals surface area contributed by atoms with E-state index in [4.69, 9.17) is 4.74 Å². The number of aromatic nitrogens is 1. The zero-order valence-electron chi connectivity index (χ0n) is 11.2. The first-order valence-corrected chi connectivity index (χ1v) is 7.17. The second-order valence-electron chi connectivity index (χ2n) is 4.58. The van der Waals surface area contributed by atoms with Gasteiger partial charge in [-0.15, -0.1) is 0 Å². The largest absolute Gasteiger partial charge is 0.383 e. The first-order chi connectivity index (χ1) is 8.72. The van der Waals surface area contributed by atoms with Crippen LogP contribution in [0.1, 0.15) is 25.3 Å². The summed E-state index contributed by atoms with van der Waals surface area (Å²) in [4.78, 5) is 4.63. The molecule has 0 aliphatic heterocycles. The molecule has 1 aromatic carbocycles. The molecule has 98 valence electrons. The fraction of sp³-hybridized carbons (Fsp3) is 0.500. The van der Waals surface area contributed by atoms with Crippen molar-refractivity contribution >= 4 is 26.7 Å². The van der Waals surface area contributed by atoms with Gasteiger partial charge in [0.25, 0.3) is 0 Å². The summed E-state index contributed by atoms with van der Waals surface area (Å²) in [5.41, 5.74) is 2.33. The molecule has 0 aliphatic rings. The van der Waals surface area contributed by atoms with E-state index < -0.39 is 0 Å². The van der Waals surface area contributed by atoms with Crippen molar-refractivity contribution in [3.8, 4) is 0 Å². The lowest BCUT2D eigenvalue weighted by Gasteiger charge is -2.15. The summed E-state index contributed by atoms with van der Waals surface area (Å²) in [5.74, 6) is 0. The molecule has 1 unspecified atom stereocenters. The Labute approximate surface area is 112 Å². The fourth-order valence-electron chi connectivity index (χ4n) is 2.02. The van der Waals surface area contributed by atoms with Crippen molar-refractivity contribution in [2.24, 2.45) is 0 Å². The lowest BCUT2D eigenvalue weighted by atomic mass is 10.2. The molecule has 3 nitrogen and oxygen atoms in total. The number of hydrogen-bond acceptors (Lipinski definition) is 4. The highest BCUT2D eigenvalue weighted by molar-refractivity contribution is 7.22. The zero-order valence-corrected chi connectivity index (χ0v) is 12.0. The van der Waals surface area contributed by atoms with Crippen LogP contribution in [0.25, 0.3) is 10.2 Å². The normalized spacial score (nSPS) is 12.8. The molecule has 0 bridgehead atoms. The number of hydrogen-bond donors (Lipinski definition) is 1. The molecule has 0 amide bonds. The SMILES string of the molecule is CCCC(COC)Nc1nc2cc(C)ccc2s1. The van der Waals surface area contributed by atoms with E-state index >= 15 is 0 Å². The number of nitrogens with one attached hydrogen (secondary N) is 1. The smallest absolute Gasteiger partial charge is 0.184 e. The molecule has 0 saturated heterocycles. The molecule has 0 radical (unpaired) electrons. The maximum absolute atomic E-state index is 5.24. The van der Waals surface area contributed by atoms with Crippen LogP contribution in [0, 0.1) is 6.92 Å². The molecule has 2 aromatic rings. The van der Waals surface area contributed by atoms with Crippen LogP contribution in [0.4, 0.5) is 5.13 Å². The van der Waals surface area contributed by atoms with Crippen LogP contribution in [0.2, 0.25) is 0 Å². The minimum Gasteiger partial charge on any atom is -0.383 e. The average Bonchev–Trinajstić information content (AvgIpc) is 2.71. The predicted octanol–water partition coefficient (Wildman–Crippen LogP) is 3.83. The lowest BCUT2D eigenvalue weighted by Crippen LogP contribution is -2.24. The molecule has 1 aromatic heterocycles. The van der Waals surface area contributed by atoms with Crippen LogP contribution in [0.3, 0.4) is 0 Å². The Kier molecular flexibility index (Phi) is 4.55. The number of rotatable bonds is 6. The Morgan fingerprint density at radius 3 is 3.00 bits per heavy atom. The Hall–Kier alpha value is -1.13. The number of anilines is 1. The highest BCUT2D eigenvalue weighted by atomic mass is 32.1. The first-order valence-electron chi connectivity index (χ1n) is 6.35. The standard InChI is InChI=1S/C14H20N2OS/c1-4-5-11(9-17-3)15-14-16-12-8-10(2)6-7-13(12)18-14/h6-8,11H,4-5,9H2,1-3H3,(H,15,16). The first kappa shape index (κ1) is 13.3. The highest BCUT2D eigenvalue weighted by Crippen LogP contribution is 2.27. The summed E-state index contributed by atoms with van der Waals surface area (Å²) in [5, 5.41) is 4.46. The molecule has 0 aliphatic carbocycles. The van der Waals surface area contributed by atoms with Gasteiger partial charge in [0, 0.05) is 7.11 Å². The fourth-order valence-corrected chi connectivity index (χ4v) is 2.94. The van der Waals surface area contributed by atoms with Gasteiger partial charge in [0.1, 0.15) is 0 Å². The molecule has 0 fully saturated rings. The van der Waals surface area contributed by atoms with Gasteiger partial charge in [-0.2, -0.15) is 0 Å². The molecular formula is C14H20N2OS. The summed E-state index contributed by atoms with van der Waals surface area (Å²) in [6, 6.07) is 6.74. The molecule has 1 heterocycles. The molecule has 1 atom stereocenters. The quantitative estimate of drug-likeness (QED) is 0.861. The summed E-state index contributed by atoms with van der Waals surface area (Å²) in [7, 11) is 1.74. The summed E-state index contributed by atoms with van der Waals surface area (Å²) >= 11 is 1.71. The van der Waals surface area contributed by atoms with Crippen molar-refractivity contribution in [2.45, 2.75) is 32.7 Å². The van der Waals surface area contributed by atoms with Gasteiger partial charge in [-0.05, 0) is 31.0 Å². The second kappa shape index (κ2) is 6.16. The van der Waals surface area contributed by atoms with Crippen molar-refractivity contribution in [3.63, 3.8) is 0 Å². The van der Waals surface area contributed by atoms with Crippen LogP contribution >= 0.6 is 11.3 Å². The summed E-state index contributed by atoms with van der Waals surface area (Å²) in [6.45, 7) is 5.01. The average molecular weight is 264 g/mol. The molecule has 0 saturated carbocycles. The van der Waals surface area contributed by atoms with Gasteiger partial charge in [0.15, 0.2) is 5.13 Å². The third-order valence-corrected chi connectivity index (χ3v) is 3.84. The Balaban J connectivity index is 2.14. The zero-order chi connectivity index (χ0) is 13.0. The lowest BCUT2D eigenvalue weighted by molar-refractivity contribution is 0.182. The monoisotopic (exact) mass is 264 g/mol. The van der Waals surface area contributed by atoms with E-state index in [9.17, 15) is 0 Å². The Bertz CT molecular complexity index is 503. The second-order valence-corrected chi connectivity index (χ2v) is 5.61. The van der Waals surface area contributed by atoms with Gasteiger partial charge in [0.05, 0.1) is 22.9 Å². The molecule has 18 heavy (non-hydrogen) atoms. The van der Waals surface area contributed by atoms with Crippen LogP contribution < -0.4 is 5.32 Å². The van der Waals surface area contributed by atoms with Gasteiger partial charge < -0.3 is 10.1 Å². The van der Waals surface area contributed by atoms with Crippen molar-refractivity contribution < 1.29 is 4.74 Å². The number of benzene rings is 1.